The Hall–Kier alpha value is -2.63. The summed E-state index contributed by atoms with van der Waals surface area (Å²) >= 11 is 0. The lowest BCUT2D eigenvalue weighted by Crippen LogP contribution is -2.49. The Morgan fingerprint density at radius 1 is 0.958 bits per heavy atom. The van der Waals surface area contributed by atoms with Crippen molar-refractivity contribution in [1.82, 2.24) is 4.90 Å². The van der Waals surface area contributed by atoms with Crippen LogP contribution in [0.4, 0.5) is 14.5 Å². The smallest absolute Gasteiger partial charge is 0.253 e. The van der Waals surface area contributed by atoms with Gasteiger partial charge < -0.3 is 14.5 Å². The van der Waals surface area contributed by atoms with Gasteiger partial charge in [-0.1, -0.05) is 6.07 Å². The van der Waals surface area contributed by atoms with Crippen molar-refractivity contribution in [1.29, 1.82) is 0 Å². The second-order valence-corrected chi connectivity index (χ2v) is 5.58. The van der Waals surface area contributed by atoms with E-state index in [1.807, 2.05) is 0 Å². The van der Waals surface area contributed by atoms with Crippen molar-refractivity contribution in [3.8, 4) is 5.75 Å². The number of hydrogen-bond donors (Lipinski definition) is 0. The summed E-state index contributed by atoms with van der Waals surface area (Å²) in [6.07, 6.45) is 0. The normalized spacial score (nSPS) is 14.6. The molecule has 0 N–H and O–H groups in total. The van der Waals surface area contributed by atoms with E-state index in [1.165, 1.54) is 18.2 Å². The van der Waals surface area contributed by atoms with Crippen LogP contribution in [-0.4, -0.2) is 44.1 Å². The van der Waals surface area contributed by atoms with E-state index in [1.54, 1.807) is 41.2 Å². The minimum absolute atomic E-state index is 0.0194. The van der Waals surface area contributed by atoms with Crippen molar-refractivity contribution in [2.45, 2.75) is 0 Å². The fourth-order valence-corrected chi connectivity index (χ4v) is 2.84. The topological polar surface area (TPSA) is 32.8 Å². The number of ether oxygens (including phenoxy) is 1. The van der Waals surface area contributed by atoms with Gasteiger partial charge in [0.1, 0.15) is 23.1 Å². The second kappa shape index (κ2) is 6.86. The van der Waals surface area contributed by atoms with Crippen LogP contribution < -0.4 is 9.64 Å². The van der Waals surface area contributed by atoms with Gasteiger partial charge in [0, 0.05) is 31.7 Å². The lowest BCUT2D eigenvalue weighted by Gasteiger charge is -2.36. The van der Waals surface area contributed by atoms with Crippen LogP contribution in [0.3, 0.4) is 0 Å². The number of rotatable bonds is 3. The molecule has 0 aromatic heterocycles. The zero-order chi connectivity index (χ0) is 17.1. The van der Waals surface area contributed by atoms with Crippen LogP contribution >= 0.6 is 0 Å². The van der Waals surface area contributed by atoms with Crippen LogP contribution in [-0.2, 0) is 0 Å². The minimum atomic E-state index is -0.579. The lowest BCUT2D eigenvalue weighted by atomic mass is 10.1. The molecule has 2 aromatic carbocycles. The van der Waals surface area contributed by atoms with Gasteiger partial charge in [0.2, 0.25) is 0 Å². The predicted octanol–water partition coefficient (Wildman–Crippen LogP) is 2.94. The van der Waals surface area contributed by atoms with Crippen LogP contribution in [0, 0.1) is 11.6 Å². The van der Waals surface area contributed by atoms with Crippen molar-refractivity contribution in [2.75, 3.05) is 38.2 Å². The maximum absolute atomic E-state index is 13.9. The third kappa shape index (κ3) is 3.18. The molecule has 0 spiro atoms. The van der Waals surface area contributed by atoms with Crippen molar-refractivity contribution in [3.05, 3.63) is 59.7 Å². The summed E-state index contributed by atoms with van der Waals surface area (Å²) in [4.78, 5) is 15.8. The summed E-state index contributed by atoms with van der Waals surface area (Å²) in [5.74, 6) is -0.562. The quantitative estimate of drug-likeness (QED) is 0.866. The molecule has 0 bridgehead atoms. The third-order valence-electron chi connectivity index (χ3n) is 4.16. The lowest BCUT2D eigenvalue weighted by molar-refractivity contribution is 0.0746. The molecule has 1 amide bonds. The molecule has 1 aliphatic heterocycles. The maximum atomic E-state index is 13.9. The first-order chi connectivity index (χ1) is 11.6. The number of halogens is 2. The highest BCUT2D eigenvalue weighted by Gasteiger charge is 2.25. The summed E-state index contributed by atoms with van der Waals surface area (Å²) in [7, 11) is 1.57. The van der Waals surface area contributed by atoms with E-state index in [9.17, 15) is 13.6 Å². The molecular weight excluding hydrogens is 314 g/mol. The van der Waals surface area contributed by atoms with Gasteiger partial charge in [-0.2, -0.15) is 0 Å². The van der Waals surface area contributed by atoms with Gasteiger partial charge >= 0.3 is 0 Å². The number of nitrogens with zero attached hydrogens (tertiary/aromatic N) is 2. The number of para-hydroxylation sites is 1. The molecule has 4 nitrogen and oxygen atoms in total. The van der Waals surface area contributed by atoms with Crippen molar-refractivity contribution >= 4 is 11.6 Å². The molecule has 24 heavy (non-hydrogen) atoms. The Bertz CT molecular complexity index is 706. The van der Waals surface area contributed by atoms with Crippen molar-refractivity contribution in [3.63, 3.8) is 0 Å². The molecule has 0 unspecified atom stereocenters. The molecule has 3 rings (SSSR count). The minimum Gasteiger partial charge on any atom is -0.497 e. The zero-order valence-electron chi connectivity index (χ0n) is 13.3. The van der Waals surface area contributed by atoms with Crippen LogP contribution in [0.2, 0.25) is 0 Å². The number of benzene rings is 2. The van der Waals surface area contributed by atoms with Gasteiger partial charge in [-0.25, -0.2) is 8.78 Å². The van der Waals surface area contributed by atoms with Crippen LogP contribution in [0.5, 0.6) is 5.75 Å². The second-order valence-electron chi connectivity index (χ2n) is 5.58. The third-order valence-corrected chi connectivity index (χ3v) is 4.16. The number of methoxy groups -OCH3 is 1. The molecule has 1 aliphatic rings. The first-order valence-electron chi connectivity index (χ1n) is 7.72. The van der Waals surface area contributed by atoms with Gasteiger partial charge in [-0.15, -0.1) is 0 Å². The Kier molecular flexibility index (Phi) is 4.64. The standard InChI is InChI=1S/C18H18F2N2O2/c1-24-14-7-5-13(6-8-14)18(23)22-11-9-21(10-12-22)17-15(19)3-2-4-16(17)20/h2-8H,9-12H2,1H3. The van der Waals surface area contributed by atoms with Crippen LogP contribution in [0.25, 0.3) is 0 Å². The van der Waals surface area contributed by atoms with Gasteiger partial charge in [-0.3, -0.25) is 4.79 Å². The highest BCUT2D eigenvalue weighted by molar-refractivity contribution is 5.94. The maximum Gasteiger partial charge on any atom is 0.253 e. The Morgan fingerprint density at radius 2 is 1.54 bits per heavy atom. The predicted molar refractivity (Wildman–Crippen MR) is 87.5 cm³/mol. The first-order valence-corrected chi connectivity index (χ1v) is 7.72. The molecule has 1 saturated heterocycles. The highest BCUT2D eigenvalue weighted by Crippen LogP contribution is 2.24. The molecule has 6 heteroatoms. The zero-order valence-corrected chi connectivity index (χ0v) is 13.3. The molecule has 1 heterocycles. The fourth-order valence-electron chi connectivity index (χ4n) is 2.84. The average Bonchev–Trinajstić information content (AvgIpc) is 2.62. The number of anilines is 1. The first kappa shape index (κ1) is 16.2. The Balaban J connectivity index is 1.67. The van der Waals surface area contributed by atoms with E-state index in [2.05, 4.69) is 0 Å². The molecule has 2 aromatic rings. The summed E-state index contributed by atoms with van der Waals surface area (Å²) in [5.41, 5.74) is 0.551. The van der Waals surface area contributed by atoms with Gasteiger partial charge in [0.15, 0.2) is 0 Å². The molecule has 0 saturated carbocycles. The van der Waals surface area contributed by atoms with Gasteiger partial charge in [0.25, 0.3) is 5.91 Å². The summed E-state index contributed by atoms with van der Waals surface area (Å²) in [5, 5.41) is 0. The van der Waals surface area contributed by atoms with E-state index >= 15 is 0 Å². The number of carbonyl (C=O) groups is 1. The number of carbonyl (C=O) groups excluding carboxylic acids is 1. The van der Waals surface area contributed by atoms with E-state index in [0.717, 1.165) is 0 Å². The van der Waals surface area contributed by atoms with E-state index in [4.69, 9.17) is 4.74 Å². The highest BCUT2D eigenvalue weighted by atomic mass is 19.1. The monoisotopic (exact) mass is 332 g/mol. The molecule has 126 valence electrons. The average molecular weight is 332 g/mol. The van der Waals surface area contributed by atoms with Crippen molar-refractivity contribution < 1.29 is 18.3 Å². The largest absolute Gasteiger partial charge is 0.497 e. The van der Waals surface area contributed by atoms with Gasteiger partial charge in [0.05, 0.1) is 7.11 Å². The van der Waals surface area contributed by atoms with E-state index in [0.29, 0.717) is 37.5 Å². The Labute approximate surface area is 139 Å². The summed E-state index contributed by atoms with van der Waals surface area (Å²) in [6, 6.07) is 10.7. The Morgan fingerprint density at radius 3 is 2.08 bits per heavy atom. The number of amides is 1. The van der Waals surface area contributed by atoms with Crippen LogP contribution in [0.15, 0.2) is 42.5 Å². The van der Waals surface area contributed by atoms with Crippen molar-refractivity contribution in [2.24, 2.45) is 0 Å². The number of piperazine rings is 1. The molecule has 0 aliphatic carbocycles. The van der Waals surface area contributed by atoms with E-state index in [-0.39, 0.29) is 11.6 Å². The molecule has 0 radical (unpaired) electrons. The van der Waals surface area contributed by atoms with Crippen LogP contribution in [0.1, 0.15) is 10.4 Å². The SMILES string of the molecule is COc1ccc(C(=O)N2CCN(c3c(F)cccc3F)CC2)cc1. The number of hydrogen-bond acceptors (Lipinski definition) is 3. The van der Waals surface area contributed by atoms with E-state index < -0.39 is 11.6 Å². The molecular formula is C18H18F2N2O2. The summed E-state index contributed by atoms with van der Waals surface area (Å²) in [6.45, 7) is 1.61. The fraction of sp³-hybridized carbons (Fsp3) is 0.278. The molecule has 1 fully saturated rings. The molecule has 0 atom stereocenters. The van der Waals surface area contributed by atoms with Gasteiger partial charge in [-0.05, 0) is 36.4 Å². The summed E-state index contributed by atoms with van der Waals surface area (Å²) < 4.78 is 32.8.